The van der Waals surface area contributed by atoms with Gasteiger partial charge >= 0.3 is 5.97 Å². The number of carbonyl (C=O) groups is 1. The molecule has 1 fully saturated rings. The number of benzene rings is 2. The summed E-state index contributed by atoms with van der Waals surface area (Å²) >= 11 is 0. The van der Waals surface area contributed by atoms with Gasteiger partial charge in [-0.1, -0.05) is 42.5 Å². The number of hydrogen-bond acceptors (Lipinski definition) is 4. The van der Waals surface area contributed by atoms with Crippen molar-refractivity contribution in [3.8, 4) is 0 Å². The molecule has 2 aromatic rings. The number of esters is 1. The molecule has 0 aliphatic carbocycles. The highest BCUT2D eigenvalue weighted by atomic mass is 19.1. The summed E-state index contributed by atoms with van der Waals surface area (Å²) in [5, 5.41) is 20.0. The van der Waals surface area contributed by atoms with Crippen LogP contribution in [0.25, 0.3) is 0 Å². The number of aliphatic hydroxyl groups excluding tert-OH is 2. The van der Waals surface area contributed by atoms with Gasteiger partial charge in [0.25, 0.3) is 0 Å². The maximum absolute atomic E-state index is 13.2. The van der Waals surface area contributed by atoms with E-state index < -0.39 is 36.6 Å². The summed E-state index contributed by atoms with van der Waals surface area (Å²) in [6.45, 7) is -0.456. The summed E-state index contributed by atoms with van der Waals surface area (Å²) in [7, 11) is 0. The Morgan fingerprint density at radius 3 is 2.33 bits per heavy atom. The lowest BCUT2D eigenvalue weighted by atomic mass is 9.75. The first-order chi connectivity index (χ1) is 11.6. The van der Waals surface area contributed by atoms with Gasteiger partial charge < -0.3 is 14.9 Å². The van der Waals surface area contributed by atoms with Gasteiger partial charge in [-0.15, -0.1) is 0 Å². The van der Waals surface area contributed by atoms with E-state index in [1.54, 1.807) is 12.1 Å². The molecule has 4 nitrogen and oxygen atoms in total. The van der Waals surface area contributed by atoms with E-state index in [0.717, 1.165) is 5.56 Å². The zero-order valence-corrected chi connectivity index (χ0v) is 13.0. The molecule has 2 aromatic carbocycles. The zero-order chi connectivity index (χ0) is 17.1. The van der Waals surface area contributed by atoms with E-state index in [-0.39, 0.29) is 5.82 Å². The van der Waals surface area contributed by atoms with Crippen molar-refractivity contribution in [1.82, 2.24) is 0 Å². The zero-order valence-electron chi connectivity index (χ0n) is 13.0. The molecule has 0 radical (unpaired) electrons. The van der Waals surface area contributed by atoms with Crippen molar-refractivity contribution in [2.24, 2.45) is 5.92 Å². The number of hydrogen-bond donors (Lipinski definition) is 2. The molecular formula is C19H19FO4. The SMILES string of the molecule is O=C1O[C@H](CO)[C@H](O)[C@@H](c2ccc(F)cc2)[C@@H]1Cc1ccccc1. The molecule has 1 aliphatic heterocycles. The van der Waals surface area contributed by atoms with E-state index in [0.29, 0.717) is 12.0 Å². The standard InChI is InChI=1S/C19H19FO4/c20-14-8-6-13(7-9-14)17-15(10-12-4-2-1-3-5-12)19(23)24-16(11-21)18(17)22/h1-9,15-18,21-22H,10-11H2/t15-,16+,17-,18-/m0/s1. The second kappa shape index (κ2) is 7.11. The fraction of sp³-hybridized carbons (Fsp3) is 0.316. The first kappa shape index (κ1) is 16.6. The van der Waals surface area contributed by atoms with E-state index in [1.807, 2.05) is 30.3 Å². The van der Waals surface area contributed by atoms with Crippen LogP contribution in [0.15, 0.2) is 54.6 Å². The molecule has 0 spiro atoms. The maximum Gasteiger partial charge on any atom is 0.310 e. The van der Waals surface area contributed by atoms with Crippen molar-refractivity contribution in [2.45, 2.75) is 24.5 Å². The number of ether oxygens (including phenoxy) is 1. The van der Waals surface area contributed by atoms with Crippen LogP contribution < -0.4 is 0 Å². The molecule has 1 heterocycles. The normalized spacial score (nSPS) is 26.9. The molecule has 1 saturated heterocycles. The van der Waals surface area contributed by atoms with Crippen LogP contribution in [0.4, 0.5) is 4.39 Å². The second-order valence-electron chi connectivity index (χ2n) is 6.02. The van der Waals surface area contributed by atoms with Crippen molar-refractivity contribution in [3.05, 3.63) is 71.5 Å². The summed E-state index contributed by atoms with van der Waals surface area (Å²) in [5.74, 6) is -2.01. The molecular weight excluding hydrogens is 311 g/mol. The Morgan fingerprint density at radius 2 is 1.71 bits per heavy atom. The number of aliphatic hydroxyl groups is 2. The molecule has 3 rings (SSSR count). The maximum atomic E-state index is 13.2. The van der Waals surface area contributed by atoms with Crippen LogP contribution in [0.2, 0.25) is 0 Å². The van der Waals surface area contributed by atoms with Crippen LogP contribution in [0.3, 0.4) is 0 Å². The molecule has 0 saturated carbocycles. The smallest absolute Gasteiger partial charge is 0.310 e. The third kappa shape index (κ3) is 3.32. The Kier molecular flexibility index (Phi) is 4.92. The average Bonchev–Trinajstić information content (AvgIpc) is 2.60. The summed E-state index contributed by atoms with van der Waals surface area (Å²) in [5.41, 5.74) is 1.60. The summed E-state index contributed by atoms with van der Waals surface area (Å²) < 4.78 is 18.4. The van der Waals surface area contributed by atoms with Gasteiger partial charge in [-0.2, -0.15) is 0 Å². The fourth-order valence-corrected chi connectivity index (χ4v) is 3.26. The van der Waals surface area contributed by atoms with Crippen molar-refractivity contribution >= 4 is 5.97 Å². The van der Waals surface area contributed by atoms with Gasteiger partial charge in [0, 0.05) is 5.92 Å². The van der Waals surface area contributed by atoms with E-state index >= 15 is 0 Å². The van der Waals surface area contributed by atoms with Crippen LogP contribution in [0.5, 0.6) is 0 Å². The van der Waals surface area contributed by atoms with E-state index in [2.05, 4.69) is 0 Å². The molecule has 0 aromatic heterocycles. The highest BCUT2D eigenvalue weighted by Crippen LogP contribution is 2.37. The monoisotopic (exact) mass is 330 g/mol. The fourth-order valence-electron chi connectivity index (χ4n) is 3.26. The van der Waals surface area contributed by atoms with Crippen LogP contribution in [0.1, 0.15) is 17.0 Å². The predicted molar refractivity (Wildman–Crippen MR) is 85.7 cm³/mol. The Labute approximate surface area is 139 Å². The summed E-state index contributed by atoms with van der Waals surface area (Å²) in [4.78, 5) is 12.4. The van der Waals surface area contributed by atoms with Gasteiger partial charge in [0.15, 0.2) is 6.10 Å². The van der Waals surface area contributed by atoms with Gasteiger partial charge in [-0.25, -0.2) is 4.39 Å². The van der Waals surface area contributed by atoms with Gasteiger partial charge in [0.05, 0.1) is 12.5 Å². The van der Waals surface area contributed by atoms with Crippen molar-refractivity contribution in [3.63, 3.8) is 0 Å². The Bertz CT molecular complexity index is 686. The van der Waals surface area contributed by atoms with Crippen molar-refractivity contribution in [1.29, 1.82) is 0 Å². The Hall–Kier alpha value is -2.24. The molecule has 5 heteroatoms. The second-order valence-corrected chi connectivity index (χ2v) is 6.02. The Morgan fingerprint density at radius 1 is 1.04 bits per heavy atom. The van der Waals surface area contributed by atoms with Crippen molar-refractivity contribution < 1.29 is 24.1 Å². The van der Waals surface area contributed by atoms with Crippen LogP contribution >= 0.6 is 0 Å². The predicted octanol–water partition coefficient (Wildman–Crippen LogP) is 2.05. The molecule has 2 N–H and O–H groups in total. The first-order valence-electron chi connectivity index (χ1n) is 7.89. The highest BCUT2D eigenvalue weighted by Gasteiger charge is 2.45. The number of halogens is 1. The van der Waals surface area contributed by atoms with Gasteiger partial charge in [0.2, 0.25) is 0 Å². The molecule has 4 atom stereocenters. The molecule has 1 aliphatic rings. The average molecular weight is 330 g/mol. The van der Waals surface area contributed by atoms with Crippen LogP contribution in [-0.4, -0.2) is 35.0 Å². The number of rotatable bonds is 4. The molecule has 0 bridgehead atoms. The molecule has 126 valence electrons. The van der Waals surface area contributed by atoms with Gasteiger partial charge in [-0.3, -0.25) is 4.79 Å². The van der Waals surface area contributed by atoms with Crippen LogP contribution in [0, 0.1) is 11.7 Å². The minimum absolute atomic E-state index is 0.384. The Balaban J connectivity index is 1.95. The lowest BCUT2D eigenvalue weighted by Crippen LogP contribution is -2.49. The van der Waals surface area contributed by atoms with E-state index in [1.165, 1.54) is 12.1 Å². The lowest BCUT2D eigenvalue weighted by Gasteiger charge is -2.39. The number of carbonyl (C=O) groups excluding carboxylic acids is 1. The molecule has 24 heavy (non-hydrogen) atoms. The summed E-state index contributed by atoms with van der Waals surface area (Å²) in [6.07, 6.45) is -1.62. The van der Waals surface area contributed by atoms with Gasteiger partial charge in [-0.05, 0) is 29.7 Å². The quantitative estimate of drug-likeness (QED) is 0.842. The third-order valence-electron chi connectivity index (χ3n) is 4.49. The molecule has 0 unspecified atom stereocenters. The van der Waals surface area contributed by atoms with E-state index in [9.17, 15) is 19.4 Å². The van der Waals surface area contributed by atoms with Crippen molar-refractivity contribution in [2.75, 3.05) is 6.61 Å². The highest BCUT2D eigenvalue weighted by molar-refractivity contribution is 5.75. The molecule has 0 amide bonds. The topological polar surface area (TPSA) is 66.8 Å². The summed E-state index contributed by atoms with van der Waals surface area (Å²) in [6, 6.07) is 15.2. The largest absolute Gasteiger partial charge is 0.457 e. The third-order valence-corrected chi connectivity index (χ3v) is 4.49. The van der Waals surface area contributed by atoms with Gasteiger partial charge in [0.1, 0.15) is 11.9 Å². The first-order valence-corrected chi connectivity index (χ1v) is 7.89. The lowest BCUT2D eigenvalue weighted by molar-refractivity contribution is -0.179. The minimum Gasteiger partial charge on any atom is -0.457 e. The minimum atomic E-state index is -1.05. The number of cyclic esters (lactones) is 1. The van der Waals surface area contributed by atoms with Crippen LogP contribution in [-0.2, 0) is 16.0 Å². The van der Waals surface area contributed by atoms with E-state index in [4.69, 9.17) is 4.74 Å².